The fourth-order valence-corrected chi connectivity index (χ4v) is 12.2. The second kappa shape index (κ2) is 29.8. The van der Waals surface area contributed by atoms with Gasteiger partial charge in [0.2, 0.25) is 0 Å². The lowest BCUT2D eigenvalue weighted by molar-refractivity contribution is 0.515. The van der Waals surface area contributed by atoms with Crippen molar-refractivity contribution >= 4 is 53.6 Å². The first kappa shape index (κ1) is 49.3. The Hall–Kier alpha value is -1.38. The van der Waals surface area contributed by atoms with Crippen molar-refractivity contribution in [3.63, 3.8) is 0 Å². The van der Waals surface area contributed by atoms with Gasteiger partial charge in [-0.2, -0.15) is 0 Å². The van der Waals surface area contributed by atoms with Crippen LogP contribution >= 0.6 is 22.7 Å². The highest BCUT2D eigenvalue weighted by Gasteiger charge is 2.21. The molecule has 0 nitrogen and oxygen atoms in total. The molecular formula is C56H92S2. The van der Waals surface area contributed by atoms with Gasteiger partial charge in [-0.15, -0.1) is 22.7 Å². The Balaban J connectivity index is 1.22. The molecule has 0 spiro atoms. The van der Waals surface area contributed by atoms with E-state index in [2.05, 4.69) is 65.8 Å². The van der Waals surface area contributed by atoms with Crippen molar-refractivity contribution < 1.29 is 0 Å². The Morgan fingerprint density at radius 1 is 0.328 bits per heavy atom. The van der Waals surface area contributed by atoms with Crippen LogP contribution in [-0.4, -0.2) is 0 Å². The van der Waals surface area contributed by atoms with Gasteiger partial charge in [-0.25, -0.2) is 0 Å². The number of benzene rings is 2. The average Bonchev–Trinajstić information content (AvgIpc) is 3.82. The summed E-state index contributed by atoms with van der Waals surface area (Å²) < 4.78 is 3.03. The van der Waals surface area contributed by atoms with Crippen molar-refractivity contribution in [3.05, 3.63) is 45.1 Å². The molecule has 0 fully saturated rings. The topological polar surface area (TPSA) is 0 Å². The summed E-state index contributed by atoms with van der Waals surface area (Å²) in [7, 11) is 0. The molecule has 2 heteroatoms. The maximum Gasteiger partial charge on any atom is 0.0530 e. The molecule has 2 aromatic carbocycles. The van der Waals surface area contributed by atoms with Crippen LogP contribution in [0, 0.1) is 13.8 Å². The molecule has 0 bridgehead atoms. The van der Waals surface area contributed by atoms with Gasteiger partial charge in [0, 0.05) is 20.5 Å². The van der Waals surface area contributed by atoms with Crippen LogP contribution in [0.2, 0.25) is 0 Å². The van der Waals surface area contributed by atoms with E-state index in [1.165, 1.54) is 259 Å². The Kier molecular flexibility index (Phi) is 25.3. The van der Waals surface area contributed by atoms with E-state index >= 15 is 0 Å². The minimum absolute atomic E-state index is 0.619. The Bertz CT molecular complexity index is 1510. The number of fused-ring (bicyclic) bond motifs is 6. The third-order valence-corrected chi connectivity index (χ3v) is 16.0. The smallest absolute Gasteiger partial charge is 0.0530 e. The van der Waals surface area contributed by atoms with Crippen LogP contribution in [0.3, 0.4) is 0 Å². The van der Waals surface area contributed by atoms with Crippen molar-refractivity contribution in [3.8, 4) is 0 Å². The van der Waals surface area contributed by atoms with Crippen molar-refractivity contribution in [1.82, 2.24) is 0 Å². The highest BCUT2D eigenvalue weighted by molar-refractivity contribution is 7.27. The molecule has 0 saturated carbocycles. The lowest BCUT2D eigenvalue weighted by atomic mass is 9.82. The van der Waals surface area contributed by atoms with Gasteiger partial charge in [-0.3, -0.25) is 0 Å². The largest absolute Gasteiger partial charge is 0.139 e. The molecular weight excluding hydrogens is 737 g/mol. The molecule has 0 radical (unpaired) electrons. The van der Waals surface area contributed by atoms with E-state index in [0.29, 0.717) is 11.8 Å². The minimum atomic E-state index is 0.619. The lowest BCUT2D eigenvalue weighted by Crippen LogP contribution is -2.04. The van der Waals surface area contributed by atoms with Crippen LogP contribution in [0.5, 0.6) is 0 Å². The summed E-state index contributed by atoms with van der Waals surface area (Å²) in [6, 6.07) is 10.3. The molecule has 2 atom stereocenters. The zero-order valence-corrected chi connectivity index (χ0v) is 41.0. The molecule has 0 aliphatic rings. The van der Waals surface area contributed by atoms with Gasteiger partial charge in [0.05, 0.1) is 9.40 Å². The molecule has 2 heterocycles. The number of aryl methyl sites for hydroxylation is 2. The number of rotatable bonds is 36. The Labute approximate surface area is 368 Å². The fourth-order valence-electron chi connectivity index (χ4n) is 10.0. The summed E-state index contributed by atoms with van der Waals surface area (Å²) in [5, 5.41) is 6.02. The molecule has 0 saturated heterocycles. The molecule has 0 aliphatic carbocycles. The normalized spacial score (nSPS) is 13.1. The van der Waals surface area contributed by atoms with Crippen LogP contribution in [-0.2, 0) is 0 Å². The first-order valence-corrected chi connectivity index (χ1v) is 27.5. The van der Waals surface area contributed by atoms with Crippen molar-refractivity contribution in [2.75, 3.05) is 0 Å². The van der Waals surface area contributed by atoms with E-state index in [9.17, 15) is 0 Å². The summed E-state index contributed by atoms with van der Waals surface area (Å²) in [4.78, 5) is 2.89. The van der Waals surface area contributed by atoms with E-state index in [0.717, 1.165) is 0 Å². The summed E-state index contributed by atoms with van der Waals surface area (Å²) in [5.74, 6) is 1.24. The van der Waals surface area contributed by atoms with Crippen molar-refractivity contribution in [2.24, 2.45) is 0 Å². The molecule has 0 amide bonds. The SMILES string of the molecule is CCCCCCCCCCCCCCCCCCC(C)c1cc2c(cc1C(C)CCCCCCCCCCCCCCCCCC)c1cc(C)sc1c1sc(C)cc21. The third-order valence-electron chi connectivity index (χ3n) is 13.8. The lowest BCUT2D eigenvalue weighted by Gasteiger charge is -2.23. The monoisotopic (exact) mass is 829 g/mol. The average molecular weight is 829 g/mol. The second-order valence-corrected chi connectivity index (χ2v) is 21.7. The second-order valence-electron chi connectivity index (χ2n) is 19.2. The molecule has 0 N–H and O–H groups in total. The first-order chi connectivity index (χ1) is 28.4. The van der Waals surface area contributed by atoms with Crippen LogP contribution < -0.4 is 0 Å². The predicted octanol–water partition coefficient (Wildman–Crippen LogP) is 21.4. The fraction of sp³-hybridized carbons (Fsp3) is 0.750. The van der Waals surface area contributed by atoms with E-state index in [1.54, 1.807) is 11.1 Å². The van der Waals surface area contributed by atoms with Crippen molar-refractivity contribution in [1.29, 1.82) is 0 Å². The number of unbranched alkanes of at least 4 members (excludes halogenated alkanes) is 30. The van der Waals surface area contributed by atoms with Crippen molar-refractivity contribution in [2.45, 2.75) is 272 Å². The number of hydrogen-bond donors (Lipinski definition) is 0. The summed E-state index contributed by atoms with van der Waals surface area (Å²) >= 11 is 4.01. The Morgan fingerprint density at radius 3 is 0.828 bits per heavy atom. The van der Waals surface area contributed by atoms with Crippen LogP contribution in [0.4, 0.5) is 0 Å². The van der Waals surface area contributed by atoms with E-state index < -0.39 is 0 Å². The third kappa shape index (κ3) is 17.5. The van der Waals surface area contributed by atoms with Gasteiger partial charge < -0.3 is 0 Å². The van der Waals surface area contributed by atoms with Gasteiger partial charge >= 0.3 is 0 Å². The van der Waals surface area contributed by atoms with Gasteiger partial charge in [0.25, 0.3) is 0 Å². The van der Waals surface area contributed by atoms with Gasteiger partial charge in [0.15, 0.2) is 0 Å². The zero-order valence-electron chi connectivity index (χ0n) is 39.3. The predicted molar refractivity (Wildman–Crippen MR) is 269 cm³/mol. The molecule has 0 aliphatic heterocycles. The van der Waals surface area contributed by atoms with Crippen LogP contribution in [0.15, 0.2) is 24.3 Å². The molecule has 2 aromatic heterocycles. The summed E-state index contributed by atoms with van der Waals surface area (Å²) in [6.45, 7) is 14.3. The quantitative estimate of drug-likeness (QED) is 0.0401. The van der Waals surface area contributed by atoms with E-state index in [4.69, 9.17) is 0 Å². The maximum atomic E-state index is 2.69. The van der Waals surface area contributed by atoms with Crippen LogP contribution in [0.25, 0.3) is 30.9 Å². The van der Waals surface area contributed by atoms with E-state index in [-0.39, 0.29) is 0 Å². The first-order valence-electron chi connectivity index (χ1n) is 25.8. The van der Waals surface area contributed by atoms with Crippen LogP contribution in [0.1, 0.15) is 279 Å². The maximum absolute atomic E-state index is 2.69. The standard InChI is InChI=1S/C56H92S2/c1-7-9-11-13-15-17-19-21-23-25-27-29-31-33-35-37-39-45(3)49-43-51-52(54-42-48(6)58-56(54)55-53(51)41-47(5)57-55)44-50(49)46(4)40-38-36-34-32-30-28-26-24-22-20-18-16-14-12-10-8-2/h41-46H,7-40H2,1-6H3. The number of thiophene rings is 2. The molecule has 328 valence electrons. The van der Waals surface area contributed by atoms with Gasteiger partial charge in [0.1, 0.15) is 0 Å². The molecule has 58 heavy (non-hydrogen) atoms. The number of hydrogen-bond acceptors (Lipinski definition) is 2. The van der Waals surface area contributed by atoms with E-state index in [1.807, 2.05) is 22.7 Å². The molecule has 4 aromatic rings. The van der Waals surface area contributed by atoms with Gasteiger partial charge in [-0.05, 0) is 84.7 Å². The molecule has 2 unspecified atom stereocenters. The zero-order chi connectivity index (χ0) is 41.2. The summed E-state index contributed by atoms with van der Waals surface area (Å²) in [5.41, 5.74) is 3.32. The van der Waals surface area contributed by atoms with Gasteiger partial charge in [-0.1, -0.05) is 233 Å². The minimum Gasteiger partial charge on any atom is -0.139 e. The molecule has 4 rings (SSSR count). The summed E-state index contributed by atoms with van der Waals surface area (Å²) in [6.07, 6.45) is 48.8. The Morgan fingerprint density at radius 2 is 0.569 bits per heavy atom. The highest BCUT2D eigenvalue weighted by Crippen LogP contribution is 2.46. The highest BCUT2D eigenvalue weighted by atomic mass is 32.1.